The summed E-state index contributed by atoms with van der Waals surface area (Å²) in [4.78, 5) is 0. The first-order valence-electron chi connectivity index (χ1n) is 8.57. The fourth-order valence-corrected chi connectivity index (χ4v) is 3.99. The van der Waals surface area contributed by atoms with E-state index in [0.29, 0.717) is 6.04 Å². The molecule has 0 aromatic heterocycles. The smallest absolute Gasteiger partial charge is 0.0837 e. The number of likely N-dealkylation sites (N-methyl/N-ethyl adjacent to an activating group) is 1. The largest absolute Gasteiger partial charge is 0.374 e. The molecule has 19 heavy (non-hydrogen) atoms. The van der Waals surface area contributed by atoms with E-state index in [1.165, 1.54) is 51.4 Å². The van der Waals surface area contributed by atoms with Gasteiger partial charge in [-0.3, -0.25) is 0 Å². The Morgan fingerprint density at radius 1 is 1.26 bits per heavy atom. The molecule has 2 nitrogen and oxygen atoms in total. The summed E-state index contributed by atoms with van der Waals surface area (Å²) < 4.78 is 6.35. The molecule has 0 spiro atoms. The second kappa shape index (κ2) is 7.08. The van der Waals surface area contributed by atoms with Gasteiger partial charge in [-0.05, 0) is 51.0 Å². The van der Waals surface area contributed by atoms with Gasteiger partial charge in [-0.2, -0.15) is 0 Å². The summed E-state index contributed by atoms with van der Waals surface area (Å²) >= 11 is 0. The third kappa shape index (κ3) is 4.19. The zero-order valence-corrected chi connectivity index (χ0v) is 13.2. The van der Waals surface area contributed by atoms with Gasteiger partial charge in [0.25, 0.3) is 0 Å². The highest BCUT2D eigenvalue weighted by Crippen LogP contribution is 2.41. The third-order valence-corrected chi connectivity index (χ3v) is 5.07. The van der Waals surface area contributed by atoms with Crippen molar-refractivity contribution in [3.8, 4) is 0 Å². The molecule has 2 aliphatic rings. The van der Waals surface area contributed by atoms with Crippen LogP contribution >= 0.6 is 0 Å². The van der Waals surface area contributed by atoms with Crippen molar-refractivity contribution in [2.75, 3.05) is 13.2 Å². The average molecular weight is 267 g/mol. The maximum Gasteiger partial charge on any atom is 0.0837 e. The summed E-state index contributed by atoms with van der Waals surface area (Å²) in [5, 5.41) is 3.76. The first kappa shape index (κ1) is 15.3. The SMILES string of the molecule is CCNC(CCC1CC1)C1(OCC)CCCC(C)C1. The minimum atomic E-state index is 0.122. The molecular weight excluding hydrogens is 234 g/mol. The van der Waals surface area contributed by atoms with E-state index in [4.69, 9.17) is 4.74 Å². The molecule has 0 radical (unpaired) electrons. The summed E-state index contributed by atoms with van der Waals surface area (Å²) in [5.74, 6) is 1.85. The Hall–Kier alpha value is -0.0800. The van der Waals surface area contributed by atoms with Crippen molar-refractivity contribution >= 4 is 0 Å². The molecule has 0 aromatic carbocycles. The summed E-state index contributed by atoms with van der Waals surface area (Å²) in [6, 6.07) is 0.570. The lowest BCUT2D eigenvalue weighted by Crippen LogP contribution is -2.55. The highest BCUT2D eigenvalue weighted by molar-refractivity contribution is 4.97. The molecule has 2 saturated carbocycles. The lowest BCUT2D eigenvalue weighted by Gasteiger charge is -2.46. The fourth-order valence-electron chi connectivity index (χ4n) is 3.99. The standard InChI is InChI=1S/C17H33NO/c1-4-18-16(11-10-15-8-9-15)17(19-5-2)12-6-7-14(3)13-17/h14-16,18H,4-13H2,1-3H3. The molecule has 0 aliphatic heterocycles. The number of rotatable bonds is 8. The van der Waals surface area contributed by atoms with Crippen molar-refractivity contribution in [2.24, 2.45) is 11.8 Å². The van der Waals surface area contributed by atoms with E-state index in [-0.39, 0.29) is 5.60 Å². The van der Waals surface area contributed by atoms with Crippen LogP contribution in [-0.4, -0.2) is 24.8 Å². The molecule has 2 fully saturated rings. The van der Waals surface area contributed by atoms with Crippen LogP contribution in [-0.2, 0) is 4.74 Å². The van der Waals surface area contributed by atoms with E-state index >= 15 is 0 Å². The normalized spacial score (nSPS) is 33.3. The predicted molar refractivity (Wildman–Crippen MR) is 81.4 cm³/mol. The molecule has 0 saturated heterocycles. The lowest BCUT2D eigenvalue weighted by molar-refractivity contribution is -0.102. The molecule has 2 rings (SSSR count). The fraction of sp³-hybridized carbons (Fsp3) is 1.00. The number of ether oxygens (including phenoxy) is 1. The molecule has 3 atom stereocenters. The summed E-state index contributed by atoms with van der Waals surface area (Å²) in [6.45, 7) is 8.72. The van der Waals surface area contributed by atoms with Crippen LogP contribution in [0.15, 0.2) is 0 Å². The molecule has 112 valence electrons. The van der Waals surface area contributed by atoms with E-state index in [1.807, 2.05) is 0 Å². The summed E-state index contributed by atoms with van der Waals surface area (Å²) in [5.41, 5.74) is 0.122. The van der Waals surface area contributed by atoms with Gasteiger partial charge in [0.05, 0.1) is 5.60 Å². The van der Waals surface area contributed by atoms with Crippen LogP contribution in [0.3, 0.4) is 0 Å². The van der Waals surface area contributed by atoms with Crippen molar-refractivity contribution < 1.29 is 4.74 Å². The Morgan fingerprint density at radius 2 is 2.05 bits per heavy atom. The molecule has 2 aliphatic carbocycles. The summed E-state index contributed by atoms with van der Waals surface area (Å²) in [6.07, 6.45) is 10.9. The highest BCUT2D eigenvalue weighted by atomic mass is 16.5. The van der Waals surface area contributed by atoms with E-state index < -0.39 is 0 Å². The third-order valence-electron chi connectivity index (χ3n) is 5.07. The Labute approximate surface area is 119 Å². The van der Waals surface area contributed by atoms with Gasteiger partial charge in [-0.15, -0.1) is 0 Å². The van der Waals surface area contributed by atoms with Crippen molar-refractivity contribution in [1.29, 1.82) is 0 Å². The first-order valence-corrected chi connectivity index (χ1v) is 8.57. The highest BCUT2D eigenvalue weighted by Gasteiger charge is 2.42. The maximum absolute atomic E-state index is 6.35. The average Bonchev–Trinajstić information content (AvgIpc) is 3.18. The van der Waals surface area contributed by atoms with Crippen LogP contribution in [0.4, 0.5) is 0 Å². The Morgan fingerprint density at radius 3 is 2.63 bits per heavy atom. The second-order valence-electron chi connectivity index (χ2n) is 6.83. The van der Waals surface area contributed by atoms with Crippen molar-refractivity contribution in [3.05, 3.63) is 0 Å². The van der Waals surface area contributed by atoms with E-state index in [9.17, 15) is 0 Å². The van der Waals surface area contributed by atoms with Crippen molar-refractivity contribution in [2.45, 2.75) is 83.8 Å². The molecule has 0 heterocycles. The van der Waals surface area contributed by atoms with Gasteiger partial charge in [0, 0.05) is 12.6 Å². The van der Waals surface area contributed by atoms with Crippen LogP contribution in [0.1, 0.15) is 72.1 Å². The van der Waals surface area contributed by atoms with Crippen molar-refractivity contribution in [1.82, 2.24) is 5.32 Å². The second-order valence-corrected chi connectivity index (χ2v) is 6.83. The Kier molecular flexibility index (Phi) is 5.70. The van der Waals surface area contributed by atoms with E-state index in [0.717, 1.165) is 25.0 Å². The van der Waals surface area contributed by atoms with Gasteiger partial charge in [0.1, 0.15) is 0 Å². The van der Waals surface area contributed by atoms with Gasteiger partial charge in [0.15, 0.2) is 0 Å². The monoisotopic (exact) mass is 267 g/mol. The molecular formula is C17H33NO. The van der Waals surface area contributed by atoms with Crippen LogP contribution in [0.2, 0.25) is 0 Å². The molecule has 0 aromatic rings. The number of nitrogens with one attached hydrogen (secondary N) is 1. The molecule has 1 N–H and O–H groups in total. The van der Waals surface area contributed by atoms with Gasteiger partial charge in [-0.25, -0.2) is 0 Å². The lowest BCUT2D eigenvalue weighted by atomic mass is 9.73. The van der Waals surface area contributed by atoms with Gasteiger partial charge in [0.2, 0.25) is 0 Å². The Bertz CT molecular complexity index is 260. The minimum absolute atomic E-state index is 0.122. The van der Waals surface area contributed by atoms with Gasteiger partial charge >= 0.3 is 0 Å². The number of hydrogen-bond acceptors (Lipinski definition) is 2. The van der Waals surface area contributed by atoms with E-state index in [1.54, 1.807) is 0 Å². The zero-order valence-electron chi connectivity index (χ0n) is 13.2. The topological polar surface area (TPSA) is 21.3 Å². The summed E-state index contributed by atoms with van der Waals surface area (Å²) in [7, 11) is 0. The van der Waals surface area contributed by atoms with E-state index in [2.05, 4.69) is 26.1 Å². The number of hydrogen-bond donors (Lipinski definition) is 1. The van der Waals surface area contributed by atoms with Crippen molar-refractivity contribution in [3.63, 3.8) is 0 Å². The van der Waals surface area contributed by atoms with Crippen LogP contribution < -0.4 is 5.32 Å². The minimum Gasteiger partial charge on any atom is -0.374 e. The first-order chi connectivity index (χ1) is 9.20. The van der Waals surface area contributed by atoms with Gasteiger partial charge in [-0.1, -0.05) is 39.5 Å². The van der Waals surface area contributed by atoms with Crippen LogP contribution in [0.5, 0.6) is 0 Å². The predicted octanol–water partition coefficient (Wildman–Crippen LogP) is 4.14. The van der Waals surface area contributed by atoms with Crippen LogP contribution in [0.25, 0.3) is 0 Å². The van der Waals surface area contributed by atoms with Gasteiger partial charge < -0.3 is 10.1 Å². The molecule has 3 unspecified atom stereocenters. The maximum atomic E-state index is 6.35. The molecule has 0 amide bonds. The zero-order chi connectivity index (χ0) is 13.7. The molecule has 2 heteroatoms. The Balaban J connectivity index is 2.01. The molecule has 0 bridgehead atoms. The van der Waals surface area contributed by atoms with Crippen LogP contribution in [0, 0.1) is 11.8 Å². The quantitative estimate of drug-likeness (QED) is 0.713.